The van der Waals surface area contributed by atoms with Crippen molar-refractivity contribution < 1.29 is 32.0 Å². The average Bonchev–Trinajstić information content (AvgIpc) is 2.99. The minimum absolute atomic E-state index is 0.0989. The van der Waals surface area contributed by atoms with Gasteiger partial charge in [0.25, 0.3) is 5.69 Å². The van der Waals surface area contributed by atoms with Crippen molar-refractivity contribution in [2.24, 2.45) is 0 Å². The Bertz CT molecular complexity index is 1440. The Morgan fingerprint density at radius 2 is 1.63 bits per heavy atom. The molecule has 14 heteroatoms. The highest BCUT2D eigenvalue weighted by Crippen LogP contribution is 2.38. The van der Waals surface area contributed by atoms with Crippen LogP contribution in [0.15, 0.2) is 60.8 Å². The highest BCUT2D eigenvalue weighted by molar-refractivity contribution is 5.89. The monoisotopic (exact) mass is 602 g/mol. The number of amides is 2. The maximum absolute atomic E-state index is 13.3. The second-order valence-corrected chi connectivity index (χ2v) is 10.5. The highest BCUT2D eigenvalue weighted by Gasteiger charge is 2.38. The smallest absolute Gasteiger partial charge is 0.423 e. The molecule has 2 aliphatic rings. The summed E-state index contributed by atoms with van der Waals surface area (Å²) in [6.07, 6.45) is -0.682. The molecule has 1 aliphatic heterocycles. The number of urea groups is 1. The molecule has 2 heterocycles. The Labute approximate surface area is 244 Å². The number of nitrogens with zero attached hydrogens (tertiary/aromatic N) is 4. The lowest BCUT2D eigenvalue weighted by Gasteiger charge is -2.36. The van der Waals surface area contributed by atoms with Gasteiger partial charge >= 0.3 is 12.2 Å². The van der Waals surface area contributed by atoms with Crippen molar-refractivity contribution in [2.75, 3.05) is 41.7 Å². The number of nitro groups is 1. The summed E-state index contributed by atoms with van der Waals surface area (Å²) >= 11 is 0. The van der Waals surface area contributed by atoms with Gasteiger partial charge in [-0.3, -0.25) is 10.1 Å². The first kappa shape index (κ1) is 29.9. The molecule has 1 saturated carbocycles. The molecule has 0 spiro atoms. The summed E-state index contributed by atoms with van der Waals surface area (Å²) in [5.41, 5.74) is -0.627. The molecule has 1 aliphatic carbocycles. The van der Waals surface area contributed by atoms with Gasteiger partial charge in [-0.1, -0.05) is 0 Å². The lowest BCUT2D eigenvalue weighted by atomic mass is 9.92. The Morgan fingerprint density at radius 1 is 0.953 bits per heavy atom. The standard InChI is InChI=1S/C29H30F4N6O4/c30-19-1-3-21(4-2-19)36-28(40)38-15-13-37(14-16-38)23-11-12-34-27(18-23)43-24-8-5-20(6-9-24)35-22-7-10-26(39(41)42)25(17-22)29(31,32)33/h1-4,7,10-12,17-18,20,24,35H,5-6,8-9,13-16H2,(H,36,40)/t20-,24-. The summed E-state index contributed by atoms with van der Waals surface area (Å²) in [7, 11) is 0. The summed E-state index contributed by atoms with van der Waals surface area (Å²) in [5.74, 6) is 0.0956. The zero-order valence-electron chi connectivity index (χ0n) is 23.0. The summed E-state index contributed by atoms with van der Waals surface area (Å²) in [6, 6.07) is 11.9. The van der Waals surface area contributed by atoms with E-state index in [1.165, 1.54) is 30.3 Å². The van der Waals surface area contributed by atoms with Crippen LogP contribution in [0.4, 0.5) is 45.1 Å². The van der Waals surface area contributed by atoms with Crippen molar-refractivity contribution in [2.45, 2.75) is 44.0 Å². The van der Waals surface area contributed by atoms with Crippen LogP contribution >= 0.6 is 0 Å². The molecule has 0 bridgehead atoms. The Hall–Kier alpha value is -4.62. The van der Waals surface area contributed by atoms with E-state index < -0.39 is 22.4 Å². The van der Waals surface area contributed by atoms with E-state index in [0.29, 0.717) is 63.4 Å². The fourth-order valence-corrected chi connectivity index (χ4v) is 5.31. The minimum Gasteiger partial charge on any atom is -0.474 e. The number of alkyl halides is 3. The van der Waals surface area contributed by atoms with E-state index in [9.17, 15) is 32.5 Å². The number of hydrogen-bond acceptors (Lipinski definition) is 7. The van der Waals surface area contributed by atoms with Crippen LogP contribution in [0.1, 0.15) is 31.2 Å². The van der Waals surface area contributed by atoms with Crippen LogP contribution in [0.25, 0.3) is 0 Å². The molecule has 1 saturated heterocycles. The number of pyridine rings is 1. The summed E-state index contributed by atoms with van der Waals surface area (Å²) in [4.78, 5) is 30.7. The lowest BCUT2D eigenvalue weighted by Crippen LogP contribution is -2.50. The molecule has 2 fully saturated rings. The molecular weight excluding hydrogens is 572 g/mol. The van der Waals surface area contributed by atoms with Crippen molar-refractivity contribution in [1.82, 2.24) is 9.88 Å². The van der Waals surface area contributed by atoms with Crippen LogP contribution in [-0.2, 0) is 6.18 Å². The van der Waals surface area contributed by atoms with Gasteiger partial charge in [0.05, 0.1) is 4.92 Å². The first-order chi connectivity index (χ1) is 20.5. The number of carbonyl (C=O) groups is 1. The van der Waals surface area contributed by atoms with E-state index >= 15 is 0 Å². The normalized spacial score (nSPS) is 19.1. The van der Waals surface area contributed by atoms with Gasteiger partial charge in [-0.05, 0) is 68.1 Å². The number of anilines is 3. The van der Waals surface area contributed by atoms with Gasteiger partial charge in [0.2, 0.25) is 5.88 Å². The molecule has 5 rings (SSSR count). The number of halogens is 4. The van der Waals surface area contributed by atoms with E-state index in [1.54, 1.807) is 11.1 Å². The molecule has 228 valence electrons. The number of rotatable bonds is 7. The summed E-state index contributed by atoms with van der Waals surface area (Å²) in [6.45, 7) is 2.22. The van der Waals surface area contributed by atoms with Crippen LogP contribution in [0.3, 0.4) is 0 Å². The molecule has 0 radical (unpaired) electrons. The Balaban J connectivity index is 1.10. The van der Waals surface area contributed by atoms with Gasteiger partial charge in [0.15, 0.2) is 0 Å². The van der Waals surface area contributed by atoms with Crippen molar-refractivity contribution in [3.63, 3.8) is 0 Å². The maximum Gasteiger partial charge on any atom is 0.423 e. The fourth-order valence-electron chi connectivity index (χ4n) is 5.31. The number of hydrogen-bond donors (Lipinski definition) is 2. The lowest BCUT2D eigenvalue weighted by molar-refractivity contribution is -0.388. The molecule has 0 atom stereocenters. The maximum atomic E-state index is 13.3. The first-order valence-electron chi connectivity index (χ1n) is 13.9. The SMILES string of the molecule is O=C(Nc1ccc(F)cc1)N1CCN(c2ccnc(O[C@H]3CC[C@H](Nc4ccc([N+](=O)[O-])c(C(F)(F)F)c4)CC3)c2)CC1. The van der Waals surface area contributed by atoms with Gasteiger partial charge in [-0.2, -0.15) is 13.2 Å². The zero-order chi connectivity index (χ0) is 30.6. The van der Waals surface area contributed by atoms with Gasteiger partial charge in [-0.25, -0.2) is 14.2 Å². The average molecular weight is 603 g/mol. The predicted octanol–water partition coefficient (Wildman–Crippen LogP) is 6.30. The number of nitrogens with one attached hydrogen (secondary N) is 2. The number of benzene rings is 2. The van der Waals surface area contributed by atoms with Crippen molar-refractivity contribution in [1.29, 1.82) is 0 Å². The third-order valence-electron chi connectivity index (χ3n) is 7.58. The summed E-state index contributed by atoms with van der Waals surface area (Å²) in [5, 5.41) is 16.9. The molecule has 2 aromatic carbocycles. The van der Waals surface area contributed by atoms with Gasteiger partial charge < -0.3 is 25.2 Å². The molecule has 1 aromatic heterocycles. The van der Waals surface area contributed by atoms with Crippen LogP contribution < -0.4 is 20.3 Å². The third kappa shape index (κ3) is 7.62. The van der Waals surface area contributed by atoms with Crippen LogP contribution in [0.2, 0.25) is 0 Å². The fraction of sp³-hybridized carbons (Fsp3) is 0.379. The minimum atomic E-state index is -4.83. The van der Waals surface area contributed by atoms with Crippen molar-refractivity contribution in [3.8, 4) is 5.88 Å². The number of aromatic nitrogens is 1. The number of nitro benzene ring substituents is 1. The van der Waals surface area contributed by atoms with E-state index in [-0.39, 0.29) is 29.7 Å². The van der Waals surface area contributed by atoms with Gasteiger partial charge in [0.1, 0.15) is 17.5 Å². The van der Waals surface area contributed by atoms with Crippen molar-refractivity contribution >= 4 is 28.8 Å². The number of carbonyl (C=O) groups excluding carboxylic acids is 1. The summed E-state index contributed by atoms with van der Waals surface area (Å²) < 4.78 is 59.2. The predicted molar refractivity (Wildman–Crippen MR) is 152 cm³/mol. The third-order valence-corrected chi connectivity index (χ3v) is 7.58. The van der Waals surface area contributed by atoms with Crippen LogP contribution in [-0.4, -0.2) is 59.2 Å². The van der Waals surface area contributed by atoms with Crippen LogP contribution in [0, 0.1) is 15.9 Å². The second kappa shape index (κ2) is 12.7. The molecular formula is C29H30F4N6O4. The number of ether oxygens (including phenoxy) is 1. The Morgan fingerprint density at radius 3 is 2.28 bits per heavy atom. The molecule has 2 N–H and O–H groups in total. The van der Waals surface area contributed by atoms with Gasteiger partial charge in [-0.15, -0.1) is 0 Å². The largest absolute Gasteiger partial charge is 0.474 e. The topological polar surface area (TPSA) is 113 Å². The van der Waals surface area contributed by atoms with Crippen molar-refractivity contribution in [3.05, 3.63) is 82.3 Å². The van der Waals surface area contributed by atoms with Gasteiger partial charge in [0, 0.05) is 67.6 Å². The van der Waals surface area contributed by atoms with E-state index in [4.69, 9.17) is 4.74 Å². The van der Waals surface area contributed by atoms with E-state index in [2.05, 4.69) is 20.5 Å². The quantitative estimate of drug-likeness (QED) is 0.185. The zero-order valence-corrected chi connectivity index (χ0v) is 23.0. The molecule has 3 aromatic rings. The number of piperazine rings is 1. The molecule has 2 amide bonds. The molecule has 43 heavy (non-hydrogen) atoms. The van der Waals surface area contributed by atoms with Crippen LogP contribution in [0.5, 0.6) is 5.88 Å². The van der Waals surface area contributed by atoms with E-state index in [1.807, 2.05) is 12.1 Å². The Kier molecular flexibility index (Phi) is 8.83. The van der Waals surface area contributed by atoms with E-state index in [0.717, 1.165) is 17.8 Å². The molecule has 10 nitrogen and oxygen atoms in total. The second-order valence-electron chi connectivity index (χ2n) is 10.5. The highest BCUT2D eigenvalue weighted by atomic mass is 19.4. The molecule has 0 unspecified atom stereocenters. The first-order valence-corrected chi connectivity index (χ1v) is 13.9.